The fraction of sp³-hybridized carbons (Fsp3) is 0.229. The molecule has 1 aromatic heterocycles. The van der Waals surface area contributed by atoms with Crippen molar-refractivity contribution in [1.82, 2.24) is 15.2 Å². The lowest BCUT2D eigenvalue weighted by molar-refractivity contribution is -0.122. The molecule has 0 saturated heterocycles. The smallest absolute Gasteiger partial charge is 0.338 e. The molecule has 1 atom stereocenters. The quantitative estimate of drug-likeness (QED) is 0.230. The number of amides is 3. The molecule has 0 unspecified atom stereocenters. The highest BCUT2D eigenvalue weighted by molar-refractivity contribution is 6.42. The van der Waals surface area contributed by atoms with Gasteiger partial charge in [-0.3, -0.25) is 19.4 Å². The zero-order chi connectivity index (χ0) is 33.4. The van der Waals surface area contributed by atoms with Crippen LogP contribution in [0.4, 0.5) is 10.1 Å². The summed E-state index contributed by atoms with van der Waals surface area (Å²) >= 11 is 11.9. The number of esters is 1. The van der Waals surface area contributed by atoms with E-state index in [1.807, 2.05) is 18.2 Å². The van der Waals surface area contributed by atoms with Crippen molar-refractivity contribution in [1.29, 1.82) is 0 Å². The Bertz CT molecular complexity index is 1900. The van der Waals surface area contributed by atoms with Gasteiger partial charge in [-0.15, -0.1) is 0 Å². The van der Waals surface area contributed by atoms with Gasteiger partial charge in [0.15, 0.2) is 0 Å². The predicted octanol–water partition coefficient (Wildman–Crippen LogP) is 6.32. The SMILES string of the molecule is C[C@@H]1C(=O)N(C)c2cc(-c3ccncc3)ccc2C(=O)N1Cc1cc(F)cc(C(=O)NC2CC(OC(=O)c3ccc(Cl)c(Cl)c3)C2)c1. The number of ether oxygens (including phenoxy) is 1. The van der Waals surface area contributed by atoms with Crippen molar-refractivity contribution in [2.75, 3.05) is 11.9 Å². The molecule has 1 saturated carbocycles. The molecule has 47 heavy (non-hydrogen) atoms. The normalized spacial score (nSPS) is 19.0. The van der Waals surface area contributed by atoms with Gasteiger partial charge in [0.05, 0.1) is 26.9 Å². The molecular formula is C35H29Cl2FN4O5. The molecule has 1 aliphatic heterocycles. The molecule has 0 bridgehead atoms. The van der Waals surface area contributed by atoms with Crippen molar-refractivity contribution in [3.63, 3.8) is 0 Å². The maximum Gasteiger partial charge on any atom is 0.338 e. The fourth-order valence-corrected chi connectivity index (χ4v) is 6.04. The van der Waals surface area contributed by atoms with Crippen molar-refractivity contribution in [3.05, 3.63) is 117 Å². The summed E-state index contributed by atoms with van der Waals surface area (Å²) in [6.45, 7) is 1.53. The van der Waals surface area contributed by atoms with Crippen LogP contribution in [-0.2, 0) is 16.1 Å². The molecule has 1 aliphatic carbocycles. The number of aromatic nitrogens is 1. The maximum atomic E-state index is 14.8. The molecule has 2 heterocycles. The van der Waals surface area contributed by atoms with Crippen molar-refractivity contribution in [2.24, 2.45) is 0 Å². The second kappa shape index (κ2) is 13.1. The van der Waals surface area contributed by atoms with Gasteiger partial charge in [-0.1, -0.05) is 29.3 Å². The zero-order valence-corrected chi connectivity index (χ0v) is 26.9. The lowest BCUT2D eigenvalue weighted by atomic mass is 9.89. The van der Waals surface area contributed by atoms with Crippen molar-refractivity contribution < 1.29 is 28.3 Å². The van der Waals surface area contributed by atoms with Gasteiger partial charge in [-0.25, -0.2) is 9.18 Å². The summed E-state index contributed by atoms with van der Waals surface area (Å²) in [5.41, 5.74) is 3.19. The van der Waals surface area contributed by atoms with Crippen molar-refractivity contribution >= 4 is 52.6 Å². The van der Waals surface area contributed by atoms with Gasteiger partial charge in [-0.05, 0) is 84.3 Å². The average Bonchev–Trinajstić information content (AvgIpc) is 3.11. The van der Waals surface area contributed by atoms with E-state index < -0.39 is 35.7 Å². The Balaban J connectivity index is 1.13. The number of carbonyl (C=O) groups is 4. The average molecular weight is 676 g/mol. The van der Waals surface area contributed by atoms with E-state index in [0.717, 1.165) is 17.2 Å². The molecule has 9 nitrogen and oxygen atoms in total. The van der Waals surface area contributed by atoms with Gasteiger partial charge >= 0.3 is 5.97 Å². The number of hydrogen-bond donors (Lipinski definition) is 1. The molecule has 1 fully saturated rings. The molecular weight excluding hydrogens is 646 g/mol. The number of fused-ring (bicyclic) bond motifs is 1. The van der Waals surface area contributed by atoms with Crippen LogP contribution < -0.4 is 10.2 Å². The summed E-state index contributed by atoms with van der Waals surface area (Å²) < 4.78 is 20.3. The summed E-state index contributed by atoms with van der Waals surface area (Å²) in [4.78, 5) is 59.7. The number of likely N-dealkylation sites (N-methyl/N-ethyl adjacent to an activating group) is 1. The van der Waals surface area contributed by atoms with Gasteiger partial charge in [0, 0.05) is 50.4 Å². The minimum atomic E-state index is -0.858. The van der Waals surface area contributed by atoms with E-state index in [2.05, 4.69) is 10.3 Å². The van der Waals surface area contributed by atoms with Crippen LogP contribution in [-0.4, -0.2) is 58.8 Å². The first-order valence-electron chi connectivity index (χ1n) is 14.9. The Hall–Kier alpha value is -4.80. The Morgan fingerprint density at radius 2 is 1.68 bits per heavy atom. The number of carbonyl (C=O) groups excluding carboxylic acids is 4. The van der Waals surface area contributed by atoms with Crippen LogP contribution in [0.1, 0.15) is 56.4 Å². The molecule has 12 heteroatoms. The van der Waals surface area contributed by atoms with Crippen LogP contribution in [0.25, 0.3) is 11.1 Å². The molecule has 3 amide bonds. The summed E-state index contributed by atoms with van der Waals surface area (Å²) in [5.74, 6) is -2.41. The molecule has 6 rings (SSSR count). The second-order valence-electron chi connectivity index (χ2n) is 11.6. The third-order valence-electron chi connectivity index (χ3n) is 8.45. The number of anilines is 1. The Kier molecular flexibility index (Phi) is 8.98. The van der Waals surface area contributed by atoms with Gasteiger partial charge in [0.2, 0.25) is 5.91 Å². The van der Waals surface area contributed by atoms with Crippen LogP contribution >= 0.6 is 23.2 Å². The van der Waals surface area contributed by atoms with Crippen LogP contribution in [0.3, 0.4) is 0 Å². The van der Waals surface area contributed by atoms with Gasteiger partial charge < -0.3 is 19.9 Å². The predicted molar refractivity (Wildman–Crippen MR) is 175 cm³/mol. The highest BCUT2D eigenvalue weighted by Gasteiger charge is 2.37. The van der Waals surface area contributed by atoms with Crippen LogP contribution in [0.2, 0.25) is 10.0 Å². The summed E-state index contributed by atoms with van der Waals surface area (Å²) in [6.07, 6.45) is 3.70. The van der Waals surface area contributed by atoms with E-state index >= 15 is 0 Å². The summed E-state index contributed by atoms with van der Waals surface area (Å²) in [6, 6.07) is 16.1. The van der Waals surface area contributed by atoms with Crippen molar-refractivity contribution in [3.8, 4) is 11.1 Å². The molecule has 4 aromatic rings. The lowest BCUT2D eigenvalue weighted by Crippen LogP contribution is -2.48. The van der Waals surface area contributed by atoms with E-state index in [4.69, 9.17) is 27.9 Å². The van der Waals surface area contributed by atoms with Crippen LogP contribution in [0, 0.1) is 5.82 Å². The minimum absolute atomic E-state index is 0.0667. The molecule has 240 valence electrons. The number of hydrogen-bond acceptors (Lipinski definition) is 6. The number of nitrogens with one attached hydrogen (secondary N) is 1. The van der Waals surface area contributed by atoms with E-state index in [-0.39, 0.29) is 34.6 Å². The van der Waals surface area contributed by atoms with Crippen LogP contribution in [0.15, 0.2) is 79.1 Å². The number of benzene rings is 3. The van der Waals surface area contributed by atoms with Crippen LogP contribution in [0.5, 0.6) is 0 Å². The monoisotopic (exact) mass is 674 g/mol. The summed E-state index contributed by atoms with van der Waals surface area (Å²) in [5, 5.41) is 3.41. The third-order valence-corrected chi connectivity index (χ3v) is 9.19. The first-order chi connectivity index (χ1) is 22.5. The molecule has 2 aliphatic rings. The number of nitrogens with zero attached hydrogens (tertiary/aromatic N) is 3. The Morgan fingerprint density at radius 3 is 2.40 bits per heavy atom. The van der Waals surface area contributed by atoms with E-state index in [9.17, 15) is 23.6 Å². The molecule has 1 N–H and O–H groups in total. The Labute approximate surface area is 280 Å². The van der Waals surface area contributed by atoms with E-state index in [0.29, 0.717) is 34.7 Å². The number of halogens is 3. The minimum Gasteiger partial charge on any atom is -0.459 e. The first-order valence-corrected chi connectivity index (χ1v) is 15.6. The topological polar surface area (TPSA) is 109 Å². The lowest BCUT2D eigenvalue weighted by Gasteiger charge is -2.35. The summed E-state index contributed by atoms with van der Waals surface area (Å²) in [7, 11) is 1.62. The van der Waals surface area contributed by atoms with E-state index in [1.165, 1.54) is 40.1 Å². The van der Waals surface area contributed by atoms with Gasteiger partial charge in [0.25, 0.3) is 11.8 Å². The van der Waals surface area contributed by atoms with Gasteiger partial charge in [0.1, 0.15) is 18.0 Å². The highest BCUT2D eigenvalue weighted by atomic mass is 35.5. The maximum absolute atomic E-state index is 14.8. The Morgan fingerprint density at radius 1 is 0.936 bits per heavy atom. The van der Waals surface area contributed by atoms with Gasteiger partial charge in [-0.2, -0.15) is 0 Å². The third kappa shape index (κ3) is 6.70. The fourth-order valence-electron chi connectivity index (χ4n) is 5.75. The van der Waals surface area contributed by atoms with E-state index in [1.54, 1.807) is 38.5 Å². The first kappa shape index (κ1) is 32.2. The zero-order valence-electron chi connectivity index (χ0n) is 25.4. The molecule has 0 radical (unpaired) electrons. The number of rotatable bonds is 7. The molecule has 0 spiro atoms. The largest absolute Gasteiger partial charge is 0.459 e. The standard InChI is InChI=1S/C35H29Cl2FN4O5/c1-19-33(44)41(2)31-15-22(21-7-9-39-10-8-21)3-5-28(31)34(45)42(19)18-20-11-24(13-25(38)12-20)32(43)40-26-16-27(17-26)47-35(46)23-4-6-29(36)30(37)14-23/h3-15,19,26-27H,16-18H2,1-2H3,(H,40,43)/t19-,26?,27?/m1/s1. The van der Waals surface area contributed by atoms with Crippen molar-refractivity contribution in [2.45, 2.75) is 44.5 Å². The molecule has 3 aromatic carbocycles. The highest BCUT2D eigenvalue weighted by Crippen LogP contribution is 2.33. The number of pyridine rings is 1. The second-order valence-corrected chi connectivity index (χ2v) is 12.4.